The number of rotatable bonds is 0. The lowest BCUT2D eigenvalue weighted by Crippen LogP contribution is -1.97. The molecule has 1 unspecified atom stereocenters. The van der Waals surface area contributed by atoms with Gasteiger partial charge in [0, 0.05) is 10.2 Å². The van der Waals surface area contributed by atoms with Gasteiger partial charge in [-0.1, -0.05) is 23.3 Å². The smallest absolute Gasteiger partial charge is 0.0175 e. The lowest BCUT2D eigenvalue weighted by atomic mass is 9.98. The number of hydrogen-bond acceptors (Lipinski definition) is 0. The van der Waals surface area contributed by atoms with E-state index in [2.05, 4.69) is 39.8 Å². The first-order chi connectivity index (χ1) is 6.52. The third-order valence-corrected chi connectivity index (χ3v) is 5.08. The van der Waals surface area contributed by atoms with E-state index in [9.17, 15) is 0 Å². The molecule has 1 aliphatic rings. The van der Waals surface area contributed by atoms with Gasteiger partial charge in [0.15, 0.2) is 0 Å². The second-order valence-corrected chi connectivity index (χ2v) is 5.73. The molecule has 1 aromatic rings. The van der Waals surface area contributed by atoms with Crippen molar-refractivity contribution in [3.8, 4) is 0 Å². The predicted octanol–water partition coefficient (Wildman–Crippen LogP) is 2.52. The SMILES string of the molecule is CC1=C(C)C([SiH3])c2cc(C)cc(C)c21. The summed E-state index contributed by atoms with van der Waals surface area (Å²) in [6, 6.07) is 4.68. The van der Waals surface area contributed by atoms with Gasteiger partial charge >= 0.3 is 0 Å². The van der Waals surface area contributed by atoms with Crippen molar-refractivity contribution in [1.29, 1.82) is 0 Å². The van der Waals surface area contributed by atoms with Crippen LogP contribution in [0, 0.1) is 13.8 Å². The maximum absolute atomic E-state index is 2.38. The van der Waals surface area contributed by atoms with Crippen LogP contribution >= 0.6 is 0 Å². The Morgan fingerprint density at radius 1 is 1.07 bits per heavy atom. The quantitative estimate of drug-likeness (QED) is 0.567. The van der Waals surface area contributed by atoms with Crippen molar-refractivity contribution in [3.63, 3.8) is 0 Å². The molecule has 14 heavy (non-hydrogen) atoms. The normalized spacial score (nSPS) is 20.4. The van der Waals surface area contributed by atoms with E-state index in [4.69, 9.17) is 0 Å². The first-order valence-corrected chi connectivity index (χ1v) is 6.46. The first-order valence-electron chi connectivity index (χ1n) is 5.31. The summed E-state index contributed by atoms with van der Waals surface area (Å²) < 4.78 is 0. The van der Waals surface area contributed by atoms with E-state index in [0.717, 1.165) is 5.54 Å². The van der Waals surface area contributed by atoms with Crippen molar-refractivity contribution in [2.24, 2.45) is 0 Å². The monoisotopic (exact) mass is 202 g/mol. The highest BCUT2D eigenvalue weighted by Crippen LogP contribution is 2.41. The highest BCUT2D eigenvalue weighted by molar-refractivity contribution is 6.17. The zero-order chi connectivity index (χ0) is 10.5. The van der Waals surface area contributed by atoms with E-state index in [1.807, 2.05) is 0 Å². The van der Waals surface area contributed by atoms with Gasteiger partial charge in [-0.25, -0.2) is 0 Å². The Kier molecular flexibility index (Phi) is 2.15. The molecule has 0 radical (unpaired) electrons. The van der Waals surface area contributed by atoms with Gasteiger partial charge < -0.3 is 0 Å². The van der Waals surface area contributed by atoms with Gasteiger partial charge in [0.1, 0.15) is 0 Å². The van der Waals surface area contributed by atoms with Gasteiger partial charge in [-0.3, -0.25) is 0 Å². The van der Waals surface area contributed by atoms with E-state index in [-0.39, 0.29) is 0 Å². The Labute approximate surface area is 89.5 Å². The van der Waals surface area contributed by atoms with Crippen LogP contribution in [0.3, 0.4) is 0 Å². The minimum atomic E-state index is 0.753. The van der Waals surface area contributed by atoms with Crippen molar-refractivity contribution >= 4 is 15.8 Å². The zero-order valence-corrected chi connectivity index (χ0v) is 11.7. The molecule has 0 bridgehead atoms. The molecule has 74 valence electrons. The Bertz CT molecular complexity index is 427. The summed E-state index contributed by atoms with van der Waals surface area (Å²) in [5, 5.41) is 0. The van der Waals surface area contributed by atoms with Gasteiger partial charge in [-0.15, -0.1) is 0 Å². The summed E-state index contributed by atoms with van der Waals surface area (Å²) in [6.07, 6.45) is 0. The molecule has 1 aromatic carbocycles. The summed E-state index contributed by atoms with van der Waals surface area (Å²) in [7, 11) is 1.24. The zero-order valence-electron chi connectivity index (χ0n) is 9.73. The largest absolute Gasteiger partial charge is 0.0660 e. The number of aryl methyl sites for hydroxylation is 2. The van der Waals surface area contributed by atoms with Crippen molar-refractivity contribution in [3.05, 3.63) is 40.0 Å². The van der Waals surface area contributed by atoms with Gasteiger partial charge in [0.05, 0.1) is 0 Å². The van der Waals surface area contributed by atoms with E-state index >= 15 is 0 Å². The fraction of sp³-hybridized carbons (Fsp3) is 0.385. The minimum absolute atomic E-state index is 0.753. The molecule has 1 aliphatic carbocycles. The topological polar surface area (TPSA) is 0 Å². The first kappa shape index (κ1) is 9.72. The third-order valence-electron chi connectivity index (χ3n) is 3.59. The van der Waals surface area contributed by atoms with Crippen molar-refractivity contribution < 1.29 is 0 Å². The molecule has 0 N–H and O–H groups in total. The van der Waals surface area contributed by atoms with E-state index < -0.39 is 0 Å². The molecule has 0 spiro atoms. The molecule has 2 rings (SSSR count). The molecule has 0 amide bonds. The van der Waals surface area contributed by atoms with Crippen LogP contribution in [0.15, 0.2) is 17.7 Å². The highest BCUT2D eigenvalue weighted by atomic mass is 28.1. The van der Waals surface area contributed by atoms with Crippen LogP contribution in [-0.2, 0) is 0 Å². The number of fused-ring (bicyclic) bond motifs is 1. The second-order valence-electron chi connectivity index (χ2n) is 4.58. The van der Waals surface area contributed by atoms with Crippen LogP contribution in [0.2, 0.25) is 0 Å². The summed E-state index contributed by atoms with van der Waals surface area (Å²) in [5.74, 6) is 0. The highest BCUT2D eigenvalue weighted by Gasteiger charge is 2.24. The summed E-state index contributed by atoms with van der Waals surface area (Å²) in [4.78, 5) is 0. The molecule has 1 heteroatoms. The van der Waals surface area contributed by atoms with Crippen molar-refractivity contribution in [1.82, 2.24) is 0 Å². The van der Waals surface area contributed by atoms with E-state index in [0.29, 0.717) is 0 Å². The molecule has 0 heterocycles. The lowest BCUT2D eigenvalue weighted by Gasteiger charge is -2.10. The molecular formula is C13H18Si. The molecule has 0 saturated heterocycles. The minimum Gasteiger partial charge on any atom is -0.0660 e. The van der Waals surface area contributed by atoms with Crippen LogP contribution in [0.5, 0.6) is 0 Å². The number of benzene rings is 1. The van der Waals surface area contributed by atoms with Gasteiger partial charge in [0.25, 0.3) is 0 Å². The Morgan fingerprint density at radius 2 is 1.71 bits per heavy atom. The molecule has 0 aliphatic heterocycles. The third kappa shape index (κ3) is 1.19. The Morgan fingerprint density at radius 3 is 2.36 bits per heavy atom. The fourth-order valence-electron chi connectivity index (χ4n) is 2.61. The fourth-order valence-corrected chi connectivity index (χ4v) is 3.50. The Balaban J connectivity index is 2.73. The molecule has 0 nitrogen and oxygen atoms in total. The van der Waals surface area contributed by atoms with Crippen LogP contribution in [0.1, 0.15) is 41.6 Å². The van der Waals surface area contributed by atoms with Gasteiger partial charge in [0.2, 0.25) is 0 Å². The molecule has 0 aromatic heterocycles. The summed E-state index contributed by atoms with van der Waals surface area (Å²) in [6.45, 7) is 9.00. The maximum atomic E-state index is 2.38. The number of allylic oxidation sites excluding steroid dienone is 2. The van der Waals surface area contributed by atoms with Crippen LogP contribution in [0.4, 0.5) is 0 Å². The van der Waals surface area contributed by atoms with Crippen LogP contribution in [0.25, 0.3) is 5.57 Å². The summed E-state index contributed by atoms with van der Waals surface area (Å²) in [5.41, 5.74) is 9.86. The maximum Gasteiger partial charge on any atom is 0.0175 e. The van der Waals surface area contributed by atoms with Crippen molar-refractivity contribution in [2.75, 3.05) is 0 Å². The standard InChI is InChI=1S/C13H18Si/c1-7-5-8(2)12-9(3)10(4)13(14)11(12)6-7/h5-6,13H,1-4,14H3. The van der Waals surface area contributed by atoms with Crippen LogP contribution in [-0.4, -0.2) is 10.2 Å². The van der Waals surface area contributed by atoms with E-state index in [1.165, 1.54) is 32.5 Å². The second kappa shape index (κ2) is 3.09. The lowest BCUT2D eigenvalue weighted by molar-refractivity contribution is 1.12. The molecule has 0 fully saturated rings. The van der Waals surface area contributed by atoms with Crippen LogP contribution < -0.4 is 0 Å². The Hall–Kier alpha value is -0.823. The average Bonchev–Trinajstić information content (AvgIpc) is 2.31. The van der Waals surface area contributed by atoms with E-state index in [1.54, 1.807) is 11.1 Å². The molecular weight excluding hydrogens is 184 g/mol. The average molecular weight is 202 g/mol. The van der Waals surface area contributed by atoms with Gasteiger partial charge in [-0.05, 0) is 55.5 Å². The predicted molar refractivity (Wildman–Crippen MR) is 66.9 cm³/mol. The number of hydrogen-bond donors (Lipinski definition) is 0. The van der Waals surface area contributed by atoms with Crippen molar-refractivity contribution in [2.45, 2.75) is 33.2 Å². The van der Waals surface area contributed by atoms with Gasteiger partial charge in [-0.2, -0.15) is 0 Å². The molecule has 1 atom stereocenters. The molecule has 0 saturated carbocycles. The summed E-state index contributed by atoms with van der Waals surface area (Å²) >= 11 is 0.